The van der Waals surface area contributed by atoms with E-state index in [1.165, 1.54) is 18.2 Å². The number of carbonyl (C=O) groups is 2. The molecule has 11 nitrogen and oxygen atoms in total. The average molecular weight is 515 g/mol. The van der Waals surface area contributed by atoms with E-state index >= 15 is 0 Å². The summed E-state index contributed by atoms with van der Waals surface area (Å²) in [6, 6.07) is 5.41. The third kappa shape index (κ3) is 14.5. The molecule has 0 aliphatic carbocycles. The SMILES string of the molecule is CCC(=O)NC/C(N)=C/N(N)CCCCn1cc(C)nn1.O=CNCc1cccc(OC(F)(F)F)c1. The highest BCUT2D eigenvalue weighted by Crippen LogP contribution is 2.23. The van der Waals surface area contributed by atoms with Gasteiger partial charge in [-0.3, -0.25) is 14.3 Å². The van der Waals surface area contributed by atoms with Gasteiger partial charge in [-0.2, -0.15) is 0 Å². The fourth-order valence-corrected chi connectivity index (χ4v) is 2.73. The summed E-state index contributed by atoms with van der Waals surface area (Å²) in [4.78, 5) is 21.1. The molecule has 0 unspecified atom stereocenters. The van der Waals surface area contributed by atoms with Gasteiger partial charge < -0.3 is 26.1 Å². The van der Waals surface area contributed by atoms with Crippen LogP contribution in [0, 0.1) is 6.92 Å². The van der Waals surface area contributed by atoms with Crippen LogP contribution >= 0.6 is 0 Å². The van der Waals surface area contributed by atoms with Gasteiger partial charge in [0.25, 0.3) is 0 Å². The molecule has 0 spiro atoms. The normalized spacial score (nSPS) is 11.2. The Labute approximate surface area is 207 Å². The molecule has 0 atom stereocenters. The van der Waals surface area contributed by atoms with Gasteiger partial charge in [0.05, 0.1) is 12.2 Å². The Kier molecular flexibility index (Phi) is 13.4. The summed E-state index contributed by atoms with van der Waals surface area (Å²) >= 11 is 0. The van der Waals surface area contributed by atoms with Crippen molar-refractivity contribution in [3.8, 4) is 5.75 Å². The van der Waals surface area contributed by atoms with Crippen molar-refractivity contribution in [2.24, 2.45) is 11.6 Å². The smallest absolute Gasteiger partial charge is 0.406 e. The molecule has 36 heavy (non-hydrogen) atoms. The van der Waals surface area contributed by atoms with Crippen molar-refractivity contribution in [3.05, 3.63) is 53.6 Å². The zero-order chi connectivity index (χ0) is 27.0. The summed E-state index contributed by atoms with van der Waals surface area (Å²) in [5.74, 6) is 5.50. The molecule has 14 heteroatoms. The summed E-state index contributed by atoms with van der Waals surface area (Å²) in [5.41, 5.74) is 7.76. The number of ether oxygens (including phenoxy) is 1. The summed E-state index contributed by atoms with van der Waals surface area (Å²) in [5, 5.41) is 14.5. The van der Waals surface area contributed by atoms with E-state index in [-0.39, 0.29) is 18.2 Å². The number of rotatable bonds is 13. The first-order valence-corrected chi connectivity index (χ1v) is 11.1. The number of hydrogen-bond acceptors (Lipinski definition) is 8. The fraction of sp³-hybridized carbons (Fsp3) is 0.455. The van der Waals surface area contributed by atoms with Crippen LogP contribution in [-0.4, -0.2) is 51.8 Å². The number of halogens is 3. The second kappa shape index (κ2) is 16.0. The minimum Gasteiger partial charge on any atom is -0.406 e. The lowest BCUT2D eigenvalue weighted by Gasteiger charge is -2.15. The van der Waals surface area contributed by atoms with Crippen LogP contribution in [0.4, 0.5) is 13.2 Å². The van der Waals surface area contributed by atoms with Gasteiger partial charge in [-0.25, -0.2) is 5.84 Å². The van der Waals surface area contributed by atoms with Crippen LogP contribution in [0.3, 0.4) is 0 Å². The molecule has 2 rings (SSSR count). The number of hydrazine groups is 1. The number of hydrogen-bond donors (Lipinski definition) is 4. The van der Waals surface area contributed by atoms with Crippen molar-refractivity contribution in [1.82, 2.24) is 30.6 Å². The lowest BCUT2D eigenvalue weighted by molar-refractivity contribution is -0.274. The molecular formula is C22H33F3N8O3. The number of aromatic nitrogens is 3. The number of amides is 2. The summed E-state index contributed by atoms with van der Waals surface area (Å²) in [7, 11) is 0. The van der Waals surface area contributed by atoms with E-state index in [4.69, 9.17) is 11.6 Å². The highest BCUT2D eigenvalue weighted by Gasteiger charge is 2.31. The number of carbonyl (C=O) groups excluding carboxylic acids is 2. The Balaban J connectivity index is 0.000000381. The topological polar surface area (TPSA) is 153 Å². The predicted molar refractivity (Wildman–Crippen MR) is 126 cm³/mol. The predicted octanol–water partition coefficient (Wildman–Crippen LogP) is 1.70. The Hall–Kier alpha value is -3.81. The lowest BCUT2D eigenvalue weighted by atomic mass is 10.2. The van der Waals surface area contributed by atoms with Gasteiger partial charge in [-0.05, 0) is 37.5 Å². The van der Waals surface area contributed by atoms with E-state index in [2.05, 4.69) is 25.7 Å². The number of nitrogens with two attached hydrogens (primary N) is 2. The molecule has 0 radical (unpaired) electrons. The number of aryl methyl sites for hydroxylation is 2. The molecule has 0 fully saturated rings. The van der Waals surface area contributed by atoms with Gasteiger partial charge >= 0.3 is 6.36 Å². The van der Waals surface area contributed by atoms with Crippen LogP contribution in [-0.2, 0) is 22.7 Å². The first kappa shape index (κ1) is 30.2. The standard InChI is InChI=1S/C13H25N7O.C9H8F3NO2/c1-3-13(21)16-8-12(14)10-19(15)6-4-5-7-20-9-11(2)17-18-20;10-9(11,12)15-8-3-1-2-7(4-8)5-13-6-14/h9-10H,3-8,14-15H2,1-2H3,(H,16,21);1-4,6H,5H2,(H,13,14)/b12-10-;. The van der Waals surface area contributed by atoms with Crippen LogP contribution in [0.1, 0.15) is 37.4 Å². The van der Waals surface area contributed by atoms with Gasteiger partial charge in [0.1, 0.15) is 5.75 Å². The second-order valence-corrected chi connectivity index (χ2v) is 7.60. The van der Waals surface area contributed by atoms with Crippen molar-refractivity contribution in [1.29, 1.82) is 0 Å². The Morgan fingerprint density at radius 2 is 2.06 bits per heavy atom. The largest absolute Gasteiger partial charge is 0.573 e. The van der Waals surface area contributed by atoms with Gasteiger partial charge in [0.2, 0.25) is 12.3 Å². The van der Waals surface area contributed by atoms with E-state index in [0.717, 1.165) is 25.1 Å². The van der Waals surface area contributed by atoms with Crippen LogP contribution in [0.5, 0.6) is 5.75 Å². The number of benzene rings is 1. The van der Waals surface area contributed by atoms with E-state index in [9.17, 15) is 22.8 Å². The number of nitrogens with one attached hydrogen (secondary N) is 2. The Bertz CT molecular complexity index is 966. The zero-order valence-corrected chi connectivity index (χ0v) is 20.3. The fourth-order valence-electron chi connectivity index (χ4n) is 2.73. The van der Waals surface area contributed by atoms with Crippen molar-refractivity contribution in [3.63, 3.8) is 0 Å². The van der Waals surface area contributed by atoms with Crippen molar-refractivity contribution < 1.29 is 27.5 Å². The van der Waals surface area contributed by atoms with Crippen LogP contribution in [0.2, 0.25) is 0 Å². The monoisotopic (exact) mass is 514 g/mol. The maximum Gasteiger partial charge on any atom is 0.573 e. The molecule has 6 N–H and O–H groups in total. The lowest BCUT2D eigenvalue weighted by Crippen LogP contribution is -2.31. The quantitative estimate of drug-likeness (QED) is 0.136. The van der Waals surface area contributed by atoms with Crippen molar-refractivity contribution in [2.45, 2.75) is 52.6 Å². The van der Waals surface area contributed by atoms with E-state index in [1.54, 1.807) is 24.2 Å². The first-order chi connectivity index (χ1) is 17.0. The number of alkyl halides is 3. The molecule has 2 amide bonds. The van der Waals surface area contributed by atoms with Gasteiger partial charge in [-0.15, -0.1) is 18.3 Å². The molecule has 0 aliphatic heterocycles. The molecule has 0 aliphatic rings. The third-order valence-corrected chi connectivity index (χ3v) is 4.37. The minimum absolute atomic E-state index is 0.0296. The van der Waals surface area contributed by atoms with Crippen molar-refractivity contribution >= 4 is 12.3 Å². The maximum atomic E-state index is 11.8. The molecule has 1 heterocycles. The first-order valence-electron chi connectivity index (χ1n) is 11.1. The van der Waals surface area contributed by atoms with Gasteiger partial charge in [-0.1, -0.05) is 24.3 Å². The Morgan fingerprint density at radius 1 is 1.31 bits per heavy atom. The van der Waals surface area contributed by atoms with E-state index < -0.39 is 6.36 Å². The molecule has 0 bridgehead atoms. The van der Waals surface area contributed by atoms with Crippen LogP contribution in [0.15, 0.2) is 42.4 Å². The minimum atomic E-state index is -4.70. The van der Waals surface area contributed by atoms with Crippen LogP contribution < -0.4 is 26.9 Å². The molecular weight excluding hydrogens is 481 g/mol. The average Bonchev–Trinajstić information content (AvgIpc) is 3.23. The molecule has 1 aromatic heterocycles. The molecule has 2 aromatic rings. The van der Waals surface area contributed by atoms with E-state index in [0.29, 0.717) is 37.2 Å². The van der Waals surface area contributed by atoms with E-state index in [1.807, 2.05) is 17.8 Å². The highest BCUT2D eigenvalue weighted by atomic mass is 19.4. The maximum absolute atomic E-state index is 11.8. The van der Waals surface area contributed by atoms with Crippen molar-refractivity contribution in [2.75, 3.05) is 13.1 Å². The van der Waals surface area contributed by atoms with Crippen LogP contribution in [0.25, 0.3) is 0 Å². The third-order valence-electron chi connectivity index (χ3n) is 4.37. The highest BCUT2D eigenvalue weighted by molar-refractivity contribution is 5.75. The molecule has 0 saturated heterocycles. The van der Waals surface area contributed by atoms with Gasteiger partial charge in [0.15, 0.2) is 0 Å². The summed E-state index contributed by atoms with van der Waals surface area (Å²) in [6.45, 7) is 5.70. The zero-order valence-electron chi connectivity index (χ0n) is 20.3. The Morgan fingerprint density at radius 3 is 2.67 bits per heavy atom. The number of unbranched alkanes of at least 4 members (excludes halogenated alkanes) is 1. The molecule has 200 valence electrons. The molecule has 1 aromatic carbocycles. The molecule has 0 saturated carbocycles. The second-order valence-electron chi connectivity index (χ2n) is 7.60. The van der Waals surface area contributed by atoms with Gasteiger partial charge in [0, 0.05) is 44.1 Å². The summed E-state index contributed by atoms with van der Waals surface area (Å²) < 4.78 is 41.0. The number of nitrogens with zero attached hydrogens (tertiary/aromatic N) is 4. The summed E-state index contributed by atoms with van der Waals surface area (Å²) in [6.07, 6.45) is 1.65.